The van der Waals surface area contributed by atoms with Gasteiger partial charge < -0.3 is 14.4 Å². The minimum Gasteiger partial charge on any atom is -0.496 e. The van der Waals surface area contributed by atoms with E-state index in [-0.39, 0.29) is 6.09 Å². The molecule has 1 amide bonds. The first-order chi connectivity index (χ1) is 12.3. The van der Waals surface area contributed by atoms with Crippen molar-refractivity contribution < 1.29 is 14.3 Å². The van der Waals surface area contributed by atoms with Crippen LogP contribution in [-0.2, 0) is 4.74 Å². The highest BCUT2D eigenvalue weighted by molar-refractivity contribution is 6.35. The fourth-order valence-corrected chi connectivity index (χ4v) is 3.17. The van der Waals surface area contributed by atoms with Crippen molar-refractivity contribution in [3.63, 3.8) is 0 Å². The summed E-state index contributed by atoms with van der Waals surface area (Å²) in [5.74, 6) is 0.754. The van der Waals surface area contributed by atoms with Crippen molar-refractivity contribution in [3.05, 3.63) is 41.1 Å². The summed E-state index contributed by atoms with van der Waals surface area (Å²) < 4.78 is 11.0. The van der Waals surface area contributed by atoms with Crippen LogP contribution in [0.3, 0.4) is 0 Å². The molecule has 2 aromatic rings. The third kappa shape index (κ3) is 3.93. The Balaban J connectivity index is 1.88. The number of benzene rings is 1. The molecule has 0 bridgehead atoms. The number of ether oxygens (including phenoxy) is 2. The lowest BCUT2D eigenvalue weighted by Crippen LogP contribution is -2.39. The number of halogens is 1. The van der Waals surface area contributed by atoms with E-state index < -0.39 is 5.60 Å². The lowest BCUT2D eigenvalue weighted by Gasteiger charge is -2.30. The monoisotopic (exact) mass is 374 g/mol. The van der Waals surface area contributed by atoms with Crippen molar-refractivity contribution >= 4 is 34.2 Å². The molecule has 0 saturated heterocycles. The zero-order chi connectivity index (χ0) is 18.9. The molecule has 0 spiro atoms. The predicted octanol–water partition coefficient (Wildman–Crippen LogP) is 4.92. The van der Waals surface area contributed by atoms with E-state index in [1.54, 1.807) is 24.3 Å². The van der Waals surface area contributed by atoms with E-state index in [0.717, 1.165) is 34.2 Å². The summed E-state index contributed by atoms with van der Waals surface area (Å²) in [7, 11) is 1.64. The number of hydrogen-bond donors (Lipinski definition) is 0. The molecule has 6 heteroatoms. The van der Waals surface area contributed by atoms with Gasteiger partial charge in [-0.2, -0.15) is 0 Å². The highest BCUT2D eigenvalue weighted by Gasteiger charge is 2.24. The van der Waals surface area contributed by atoms with Gasteiger partial charge in [0.25, 0.3) is 0 Å². The number of hydrogen-bond acceptors (Lipinski definition) is 4. The molecule has 0 fully saturated rings. The van der Waals surface area contributed by atoms with E-state index >= 15 is 0 Å². The Morgan fingerprint density at radius 2 is 2.08 bits per heavy atom. The maximum absolute atomic E-state index is 12.2. The van der Waals surface area contributed by atoms with Crippen LogP contribution in [0.5, 0.6) is 5.75 Å². The van der Waals surface area contributed by atoms with Crippen molar-refractivity contribution in [3.8, 4) is 5.75 Å². The molecular formula is C20H23ClN2O3. The molecule has 0 saturated carbocycles. The minimum atomic E-state index is -0.494. The molecule has 138 valence electrons. The highest BCUT2D eigenvalue weighted by Crippen LogP contribution is 2.35. The largest absolute Gasteiger partial charge is 0.496 e. The second-order valence-electron chi connectivity index (χ2n) is 7.27. The first kappa shape index (κ1) is 18.5. The number of nitrogens with zero attached hydrogens (tertiary/aromatic N) is 2. The molecule has 0 N–H and O–H groups in total. The molecule has 26 heavy (non-hydrogen) atoms. The average molecular weight is 375 g/mol. The normalized spacial score (nSPS) is 15.0. The van der Waals surface area contributed by atoms with Gasteiger partial charge in [-0.3, -0.25) is 4.98 Å². The molecule has 3 rings (SSSR count). The minimum absolute atomic E-state index is 0.287. The van der Waals surface area contributed by atoms with Gasteiger partial charge in [0.15, 0.2) is 0 Å². The molecule has 0 radical (unpaired) electrons. The van der Waals surface area contributed by atoms with E-state index in [0.29, 0.717) is 18.1 Å². The average Bonchev–Trinajstić information content (AvgIpc) is 2.60. The van der Waals surface area contributed by atoms with Crippen LogP contribution in [0, 0.1) is 0 Å². The fraction of sp³-hybridized carbons (Fsp3) is 0.400. The molecule has 1 aromatic heterocycles. The number of carbonyl (C=O) groups excluding carboxylic acids is 1. The lowest BCUT2D eigenvalue weighted by molar-refractivity contribution is 0.0270. The summed E-state index contributed by atoms with van der Waals surface area (Å²) in [5, 5.41) is 1.55. The van der Waals surface area contributed by atoms with Crippen LogP contribution in [0.2, 0.25) is 5.02 Å². The Hall–Kier alpha value is -2.27. The molecule has 0 atom stereocenters. The van der Waals surface area contributed by atoms with E-state index in [4.69, 9.17) is 21.1 Å². The number of carbonyl (C=O) groups is 1. The third-order valence-corrected chi connectivity index (χ3v) is 4.55. The van der Waals surface area contributed by atoms with Crippen LogP contribution < -0.4 is 4.74 Å². The number of aromatic nitrogens is 1. The maximum Gasteiger partial charge on any atom is 0.410 e. The number of rotatable bonds is 2. The van der Waals surface area contributed by atoms with Crippen LogP contribution in [-0.4, -0.2) is 41.8 Å². The molecule has 1 aromatic carbocycles. The van der Waals surface area contributed by atoms with Gasteiger partial charge in [0.05, 0.1) is 17.6 Å². The van der Waals surface area contributed by atoms with E-state index in [1.165, 1.54) is 0 Å². The summed E-state index contributed by atoms with van der Waals surface area (Å²) in [6.07, 6.45) is 4.16. The predicted molar refractivity (Wildman–Crippen MR) is 104 cm³/mol. The maximum atomic E-state index is 12.2. The van der Waals surface area contributed by atoms with E-state index in [9.17, 15) is 4.79 Å². The zero-order valence-corrected chi connectivity index (χ0v) is 16.3. The SMILES string of the molecule is COc1cc2nccc(Cl)c2cc1C1=CCN(C(=O)OC(C)(C)C)CC1. The smallest absolute Gasteiger partial charge is 0.410 e. The first-order valence-corrected chi connectivity index (χ1v) is 8.96. The number of methoxy groups -OCH3 is 1. The quantitative estimate of drug-likeness (QED) is 0.748. The Morgan fingerprint density at radius 3 is 2.69 bits per heavy atom. The van der Waals surface area contributed by atoms with Crippen molar-refractivity contribution in [2.24, 2.45) is 0 Å². The van der Waals surface area contributed by atoms with Crippen LogP contribution in [0.15, 0.2) is 30.5 Å². The van der Waals surface area contributed by atoms with Gasteiger partial charge in [0.2, 0.25) is 0 Å². The number of pyridine rings is 1. The summed E-state index contributed by atoms with van der Waals surface area (Å²) in [6.45, 7) is 6.71. The number of amides is 1. The highest BCUT2D eigenvalue weighted by atomic mass is 35.5. The van der Waals surface area contributed by atoms with Crippen LogP contribution in [0.25, 0.3) is 16.5 Å². The van der Waals surface area contributed by atoms with Gasteiger partial charge in [0, 0.05) is 36.3 Å². The Kier molecular flexibility index (Phi) is 5.10. The summed E-state index contributed by atoms with van der Waals surface area (Å²) in [5.41, 5.74) is 2.42. The Bertz CT molecular complexity index is 871. The van der Waals surface area contributed by atoms with Crippen LogP contribution >= 0.6 is 11.6 Å². The molecule has 1 aliphatic rings. The van der Waals surface area contributed by atoms with Crippen LogP contribution in [0.4, 0.5) is 4.79 Å². The summed E-state index contributed by atoms with van der Waals surface area (Å²) in [6, 6.07) is 5.69. The summed E-state index contributed by atoms with van der Waals surface area (Å²) >= 11 is 6.32. The van der Waals surface area contributed by atoms with Gasteiger partial charge in [-0.05, 0) is 44.9 Å². The lowest BCUT2D eigenvalue weighted by atomic mass is 9.97. The topological polar surface area (TPSA) is 51.7 Å². The van der Waals surface area contributed by atoms with E-state index in [1.807, 2.05) is 39.0 Å². The van der Waals surface area contributed by atoms with Gasteiger partial charge in [-0.1, -0.05) is 17.7 Å². The fourth-order valence-electron chi connectivity index (χ4n) is 2.97. The molecule has 5 nitrogen and oxygen atoms in total. The van der Waals surface area contributed by atoms with Gasteiger partial charge in [-0.25, -0.2) is 4.79 Å². The number of fused-ring (bicyclic) bond motifs is 1. The Labute approximate surface area is 158 Å². The Morgan fingerprint density at radius 1 is 1.31 bits per heavy atom. The zero-order valence-electron chi connectivity index (χ0n) is 15.5. The van der Waals surface area contributed by atoms with Crippen molar-refractivity contribution in [2.45, 2.75) is 32.8 Å². The van der Waals surface area contributed by atoms with E-state index in [2.05, 4.69) is 4.98 Å². The van der Waals surface area contributed by atoms with Crippen molar-refractivity contribution in [1.82, 2.24) is 9.88 Å². The summed E-state index contributed by atoms with van der Waals surface area (Å²) in [4.78, 5) is 18.3. The standard InChI is InChI=1S/C20H23ClN2O3/c1-20(2,3)26-19(24)23-9-6-13(7-10-23)14-11-15-16(21)5-8-22-17(15)12-18(14)25-4/h5-6,8,11-12H,7,9-10H2,1-4H3. The van der Waals surface area contributed by atoms with Gasteiger partial charge >= 0.3 is 6.09 Å². The van der Waals surface area contributed by atoms with Crippen molar-refractivity contribution in [2.75, 3.05) is 20.2 Å². The third-order valence-electron chi connectivity index (χ3n) is 4.22. The molecule has 0 unspecified atom stereocenters. The van der Waals surface area contributed by atoms with Gasteiger partial charge in [-0.15, -0.1) is 0 Å². The second kappa shape index (κ2) is 7.16. The van der Waals surface area contributed by atoms with Crippen LogP contribution in [0.1, 0.15) is 32.8 Å². The van der Waals surface area contributed by atoms with Gasteiger partial charge in [0.1, 0.15) is 11.4 Å². The first-order valence-electron chi connectivity index (χ1n) is 8.58. The molecule has 0 aliphatic carbocycles. The molecular weight excluding hydrogens is 352 g/mol. The van der Waals surface area contributed by atoms with Crippen molar-refractivity contribution in [1.29, 1.82) is 0 Å². The molecule has 1 aliphatic heterocycles. The second-order valence-corrected chi connectivity index (χ2v) is 7.68. The molecule has 2 heterocycles.